The maximum atomic E-state index is 6.19. The van der Waals surface area contributed by atoms with E-state index in [1.54, 1.807) is 0 Å². The van der Waals surface area contributed by atoms with Gasteiger partial charge in [0, 0.05) is 10.4 Å². The number of nitrogens with one attached hydrogen (secondary N) is 1. The van der Waals surface area contributed by atoms with Crippen LogP contribution >= 0.6 is 23.2 Å². The maximum absolute atomic E-state index is 6.19. The van der Waals surface area contributed by atoms with Gasteiger partial charge in [-0.15, -0.1) is 0 Å². The van der Waals surface area contributed by atoms with Crippen molar-refractivity contribution in [2.24, 2.45) is 0 Å². The first-order valence-corrected chi connectivity index (χ1v) is 7.47. The van der Waals surface area contributed by atoms with Gasteiger partial charge in [0.05, 0.1) is 11.1 Å². The normalized spacial score (nSPS) is 12.8. The minimum Gasteiger partial charge on any atom is -0.457 e. The molecule has 2 nitrogen and oxygen atoms in total. The number of benzene rings is 2. The molecule has 0 saturated heterocycles. The van der Waals surface area contributed by atoms with Crippen LogP contribution in [-0.4, -0.2) is 7.05 Å². The number of hydrogen-bond acceptors (Lipinski definition) is 2. The molecular weight excluding hydrogens is 305 g/mol. The average Bonchev–Trinajstić information content (AvgIpc) is 2.89. The molecule has 0 fully saturated rings. The molecule has 21 heavy (non-hydrogen) atoms. The van der Waals surface area contributed by atoms with Gasteiger partial charge >= 0.3 is 0 Å². The lowest BCUT2D eigenvalue weighted by molar-refractivity contribution is 0.490. The fourth-order valence-corrected chi connectivity index (χ4v) is 2.96. The second-order valence-electron chi connectivity index (χ2n) is 5.03. The zero-order valence-electron chi connectivity index (χ0n) is 11.8. The van der Waals surface area contributed by atoms with E-state index in [0.717, 1.165) is 22.3 Å². The van der Waals surface area contributed by atoms with Gasteiger partial charge in [-0.3, -0.25) is 0 Å². The summed E-state index contributed by atoms with van der Waals surface area (Å²) in [5.74, 6) is 0.825. The number of furan rings is 1. The second-order valence-corrected chi connectivity index (χ2v) is 5.87. The van der Waals surface area contributed by atoms with E-state index < -0.39 is 0 Å². The van der Waals surface area contributed by atoms with Gasteiger partial charge in [-0.05, 0) is 49.4 Å². The highest BCUT2D eigenvalue weighted by atomic mass is 35.5. The van der Waals surface area contributed by atoms with Crippen LogP contribution in [0.5, 0.6) is 0 Å². The van der Waals surface area contributed by atoms with Crippen molar-refractivity contribution in [3.8, 4) is 0 Å². The molecule has 2 aromatic carbocycles. The van der Waals surface area contributed by atoms with Gasteiger partial charge in [-0.2, -0.15) is 0 Å². The third kappa shape index (κ3) is 2.67. The molecule has 0 aliphatic rings. The van der Waals surface area contributed by atoms with Crippen LogP contribution in [0.1, 0.15) is 22.9 Å². The van der Waals surface area contributed by atoms with Crippen LogP contribution < -0.4 is 5.32 Å². The molecule has 0 saturated carbocycles. The van der Waals surface area contributed by atoms with Crippen LogP contribution in [0, 0.1) is 6.92 Å². The Hall–Kier alpha value is -1.48. The molecule has 0 bridgehead atoms. The molecule has 108 valence electrons. The predicted octanol–water partition coefficient (Wildman–Crippen LogP) is 5.36. The fraction of sp³-hybridized carbons (Fsp3) is 0.176. The van der Waals surface area contributed by atoms with Gasteiger partial charge in [0.1, 0.15) is 5.76 Å². The van der Waals surface area contributed by atoms with Gasteiger partial charge in [0.15, 0.2) is 5.58 Å². The highest BCUT2D eigenvalue weighted by molar-refractivity contribution is 6.34. The summed E-state index contributed by atoms with van der Waals surface area (Å²) in [6.07, 6.45) is 0. The molecule has 0 aliphatic heterocycles. The number of halogens is 2. The molecule has 1 atom stereocenters. The van der Waals surface area contributed by atoms with E-state index >= 15 is 0 Å². The van der Waals surface area contributed by atoms with Crippen LogP contribution in [0.3, 0.4) is 0 Å². The summed E-state index contributed by atoms with van der Waals surface area (Å²) in [6, 6.07) is 13.6. The van der Waals surface area contributed by atoms with Gasteiger partial charge in [0.25, 0.3) is 0 Å². The van der Waals surface area contributed by atoms with Gasteiger partial charge < -0.3 is 9.73 Å². The highest BCUT2D eigenvalue weighted by Crippen LogP contribution is 2.33. The third-order valence-corrected chi connectivity index (χ3v) is 4.17. The Balaban J connectivity index is 2.13. The van der Waals surface area contributed by atoms with Crippen LogP contribution in [0.4, 0.5) is 0 Å². The Kier molecular flexibility index (Phi) is 3.94. The predicted molar refractivity (Wildman–Crippen MR) is 88.3 cm³/mol. The van der Waals surface area contributed by atoms with E-state index in [1.165, 1.54) is 0 Å². The maximum Gasteiger partial charge on any atom is 0.152 e. The minimum absolute atomic E-state index is 0.0628. The lowest BCUT2D eigenvalue weighted by Crippen LogP contribution is -2.18. The number of para-hydroxylation sites is 1. The van der Waals surface area contributed by atoms with Gasteiger partial charge in [-0.1, -0.05) is 41.4 Å². The van der Waals surface area contributed by atoms with E-state index in [2.05, 4.69) is 12.2 Å². The van der Waals surface area contributed by atoms with E-state index in [4.69, 9.17) is 27.6 Å². The Morgan fingerprint density at radius 3 is 2.62 bits per heavy atom. The molecule has 3 aromatic rings. The molecule has 0 aliphatic carbocycles. The lowest BCUT2D eigenvalue weighted by atomic mass is 9.99. The molecular formula is C17H15Cl2NO. The van der Waals surface area contributed by atoms with Gasteiger partial charge in [-0.25, -0.2) is 0 Å². The quantitative estimate of drug-likeness (QED) is 0.703. The zero-order valence-corrected chi connectivity index (χ0v) is 13.3. The van der Waals surface area contributed by atoms with Crippen molar-refractivity contribution in [1.82, 2.24) is 5.32 Å². The standard InChI is InChI=1S/C17H15Cl2NO/c1-10-6-7-12(18)9-13(10)16(20-2)15-8-11-4-3-5-14(19)17(11)21-15/h3-9,16,20H,1-2H3. The molecule has 4 heteroatoms. The number of fused-ring (bicyclic) bond motifs is 1. The van der Waals surface area contributed by atoms with Crippen molar-refractivity contribution < 1.29 is 4.42 Å². The van der Waals surface area contributed by atoms with E-state index in [9.17, 15) is 0 Å². The molecule has 0 amide bonds. The van der Waals surface area contributed by atoms with E-state index in [1.807, 2.05) is 49.5 Å². The Bertz CT molecular complexity index is 795. The first-order chi connectivity index (χ1) is 10.1. The lowest BCUT2D eigenvalue weighted by Gasteiger charge is -2.17. The van der Waals surface area contributed by atoms with Crippen molar-refractivity contribution in [2.75, 3.05) is 7.05 Å². The van der Waals surface area contributed by atoms with Crippen molar-refractivity contribution >= 4 is 34.2 Å². The van der Waals surface area contributed by atoms with Crippen LogP contribution in [0.25, 0.3) is 11.0 Å². The summed E-state index contributed by atoms with van der Waals surface area (Å²) in [4.78, 5) is 0. The molecule has 1 N–H and O–H groups in total. The molecule has 3 rings (SSSR count). The van der Waals surface area contributed by atoms with Crippen LogP contribution in [-0.2, 0) is 0 Å². The fourth-order valence-electron chi connectivity index (χ4n) is 2.56. The highest BCUT2D eigenvalue weighted by Gasteiger charge is 2.19. The number of rotatable bonds is 3. The largest absolute Gasteiger partial charge is 0.457 e. The summed E-state index contributed by atoms with van der Waals surface area (Å²) in [5, 5.41) is 5.62. The van der Waals surface area contributed by atoms with E-state index in [0.29, 0.717) is 15.6 Å². The summed E-state index contributed by atoms with van der Waals surface area (Å²) in [6.45, 7) is 2.06. The third-order valence-electron chi connectivity index (χ3n) is 3.64. The van der Waals surface area contributed by atoms with Crippen molar-refractivity contribution in [3.63, 3.8) is 0 Å². The number of hydrogen-bond donors (Lipinski definition) is 1. The Morgan fingerprint density at radius 2 is 1.90 bits per heavy atom. The van der Waals surface area contributed by atoms with Gasteiger partial charge in [0.2, 0.25) is 0 Å². The topological polar surface area (TPSA) is 25.2 Å². The van der Waals surface area contributed by atoms with Crippen LogP contribution in [0.2, 0.25) is 10.0 Å². The molecule has 1 aromatic heterocycles. The molecule has 1 heterocycles. The first-order valence-electron chi connectivity index (χ1n) is 6.71. The van der Waals surface area contributed by atoms with Crippen molar-refractivity contribution in [1.29, 1.82) is 0 Å². The summed E-state index contributed by atoms with van der Waals surface area (Å²) < 4.78 is 5.96. The smallest absolute Gasteiger partial charge is 0.152 e. The second kappa shape index (κ2) is 5.72. The van der Waals surface area contributed by atoms with E-state index in [-0.39, 0.29) is 6.04 Å². The van der Waals surface area contributed by atoms with Crippen LogP contribution in [0.15, 0.2) is 46.9 Å². The summed E-state index contributed by atoms with van der Waals surface area (Å²) in [5.41, 5.74) is 2.97. The minimum atomic E-state index is -0.0628. The molecule has 1 unspecified atom stereocenters. The zero-order chi connectivity index (χ0) is 15.0. The SMILES string of the molecule is CNC(c1cc2cccc(Cl)c2o1)c1cc(Cl)ccc1C. The van der Waals surface area contributed by atoms with Crippen molar-refractivity contribution in [3.05, 3.63) is 69.4 Å². The van der Waals surface area contributed by atoms with Crippen molar-refractivity contribution in [2.45, 2.75) is 13.0 Å². The Morgan fingerprint density at radius 1 is 1.10 bits per heavy atom. The first kappa shape index (κ1) is 14.5. The summed E-state index contributed by atoms with van der Waals surface area (Å²) in [7, 11) is 1.90. The summed E-state index contributed by atoms with van der Waals surface area (Å²) >= 11 is 12.3. The monoisotopic (exact) mass is 319 g/mol. The number of aryl methyl sites for hydroxylation is 1. The average molecular weight is 320 g/mol. The molecule has 0 spiro atoms. The molecule has 0 radical (unpaired) electrons. The Labute approximate surface area is 133 Å².